The number of hydrogen-bond donors (Lipinski definition) is 2. The molecule has 0 bridgehead atoms. The van der Waals surface area contributed by atoms with E-state index in [1.54, 1.807) is 19.9 Å². The summed E-state index contributed by atoms with van der Waals surface area (Å²) in [5.74, 6) is 0.659. The molecule has 3 heteroatoms. The highest BCUT2D eigenvalue weighted by Gasteiger charge is 2.41. The molecular weight excluding hydrogens is 180 g/mol. The Labute approximate surface area is 83.0 Å². The largest absolute Gasteiger partial charge is 0.484 e. The Morgan fingerprint density at radius 2 is 1.93 bits per heavy atom. The molecule has 3 nitrogen and oxygen atoms in total. The molecule has 0 spiro atoms. The molecule has 1 heterocycles. The molecule has 1 aromatic rings. The van der Waals surface area contributed by atoms with Crippen molar-refractivity contribution < 1.29 is 14.9 Å². The van der Waals surface area contributed by atoms with Crippen LogP contribution in [0.5, 0.6) is 5.75 Å². The van der Waals surface area contributed by atoms with Crippen LogP contribution in [0.3, 0.4) is 0 Å². The van der Waals surface area contributed by atoms with E-state index in [2.05, 4.69) is 0 Å². The fourth-order valence-electron chi connectivity index (χ4n) is 1.73. The van der Waals surface area contributed by atoms with Gasteiger partial charge in [0.25, 0.3) is 0 Å². The minimum atomic E-state index is -1.04. The molecule has 0 fully saturated rings. The van der Waals surface area contributed by atoms with E-state index >= 15 is 0 Å². The molecule has 0 unspecified atom stereocenters. The average molecular weight is 194 g/mol. The minimum absolute atomic E-state index is 0.583. The lowest BCUT2D eigenvalue weighted by atomic mass is 9.95. The van der Waals surface area contributed by atoms with Gasteiger partial charge < -0.3 is 14.9 Å². The number of rotatable bonds is 1. The SMILES string of the molecule is CC(C)(O)[C@@H]1Oc2ccccc2[C@@H]1O. The first kappa shape index (κ1) is 9.49. The Hall–Kier alpha value is -1.06. The maximum absolute atomic E-state index is 9.89. The van der Waals surface area contributed by atoms with Crippen LogP contribution in [-0.4, -0.2) is 21.9 Å². The number of aliphatic hydroxyl groups is 2. The van der Waals surface area contributed by atoms with Gasteiger partial charge in [-0.25, -0.2) is 0 Å². The molecule has 1 aliphatic rings. The summed E-state index contributed by atoms with van der Waals surface area (Å²) in [6, 6.07) is 7.30. The van der Waals surface area contributed by atoms with Crippen LogP contribution in [0.15, 0.2) is 24.3 Å². The van der Waals surface area contributed by atoms with Crippen molar-refractivity contribution in [3.8, 4) is 5.75 Å². The fraction of sp³-hybridized carbons (Fsp3) is 0.455. The van der Waals surface area contributed by atoms with E-state index in [-0.39, 0.29) is 0 Å². The van der Waals surface area contributed by atoms with Crippen molar-refractivity contribution in [3.05, 3.63) is 29.8 Å². The molecule has 2 atom stereocenters. The van der Waals surface area contributed by atoms with Gasteiger partial charge in [0.05, 0.1) is 5.60 Å². The van der Waals surface area contributed by atoms with E-state index in [0.29, 0.717) is 5.75 Å². The van der Waals surface area contributed by atoms with Crippen molar-refractivity contribution in [2.75, 3.05) is 0 Å². The van der Waals surface area contributed by atoms with Crippen LogP contribution in [0, 0.1) is 0 Å². The van der Waals surface area contributed by atoms with Gasteiger partial charge in [0.2, 0.25) is 0 Å². The van der Waals surface area contributed by atoms with Gasteiger partial charge in [-0.15, -0.1) is 0 Å². The Balaban J connectivity index is 2.35. The van der Waals surface area contributed by atoms with E-state index in [1.165, 1.54) is 0 Å². The highest BCUT2D eigenvalue weighted by atomic mass is 16.5. The molecule has 2 rings (SSSR count). The van der Waals surface area contributed by atoms with Gasteiger partial charge in [0.1, 0.15) is 11.9 Å². The highest BCUT2D eigenvalue weighted by Crippen LogP contribution is 2.40. The maximum Gasteiger partial charge on any atom is 0.157 e. The quantitative estimate of drug-likeness (QED) is 0.707. The molecule has 0 aromatic heterocycles. The second-order valence-electron chi connectivity index (χ2n) is 4.17. The van der Waals surface area contributed by atoms with Gasteiger partial charge in [0, 0.05) is 5.56 Å². The van der Waals surface area contributed by atoms with Crippen molar-refractivity contribution >= 4 is 0 Å². The van der Waals surface area contributed by atoms with Gasteiger partial charge in [0.15, 0.2) is 6.10 Å². The van der Waals surface area contributed by atoms with E-state index in [1.807, 2.05) is 18.2 Å². The zero-order valence-electron chi connectivity index (χ0n) is 8.27. The first-order valence-corrected chi connectivity index (χ1v) is 4.66. The topological polar surface area (TPSA) is 49.7 Å². The van der Waals surface area contributed by atoms with Crippen molar-refractivity contribution in [1.82, 2.24) is 0 Å². The zero-order valence-corrected chi connectivity index (χ0v) is 8.27. The van der Waals surface area contributed by atoms with Crippen LogP contribution in [0.25, 0.3) is 0 Å². The van der Waals surface area contributed by atoms with Crippen molar-refractivity contribution in [2.45, 2.75) is 31.7 Å². The van der Waals surface area contributed by atoms with Gasteiger partial charge in [-0.2, -0.15) is 0 Å². The summed E-state index contributed by atoms with van der Waals surface area (Å²) in [4.78, 5) is 0. The second kappa shape index (κ2) is 2.97. The fourth-order valence-corrected chi connectivity index (χ4v) is 1.73. The third-order valence-electron chi connectivity index (χ3n) is 2.47. The maximum atomic E-state index is 9.89. The molecule has 76 valence electrons. The number of fused-ring (bicyclic) bond motifs is 1. The normalized spacial score (nSPS) is 25.7. The Morgan fingerprint density at radius 3 is 2.50 bits per heavy atom. The van der Waals surface area contributed by atoms with E-state index in [9.17, 15) is 10.2 Å². The van der Waals surface area contributed by atoms with Gasteiger partial charge in [-0.05, 0) is 19.9 Å². The number of ether oxygens (including phenoxy) is 1. The molecule has 1 aromatic carbocycles. The van der Waals surface area contributed by atoms with Gasteiger partial charge in [-0.3, -0.25) is 0 Å². The number of para-hydroxylation sites is 1. The van der Waals surface area contributed by atoms with Crippen molar-refractivity contribution in [2.24, 2.45) is 0 Å². The summed E-state index contributed by atoms with van der Waals surface area (Å²) < 4.78 is 5.48. The molecule has 0 radical (unpaired) electrons. The number of hydrogen-bond acceptors (Lipinski definition) is 3. The van der Waals surface area contributed by atoms with Crippen LogP contribution in [0.1, 0.15) is 25.5 Å². The molecule has 14 heavy (non-hydrogen) atoms. The van der Waals surface area contributed by atoms with Crippen LogP contribution < -0.4 is 4.74 Å². The average Bonchev–Trinajstić information content (AvgIpc) is 2.44. The lowest BCUT2D eigenvalue weighted by molar-refractivity contribution is -0.0762. The molecule has 0 saturated heterocycles. The monoisotopic (exact) mass is 194 g/mol. The molecule has 0 aliphatic carbocycles. The van der Waals surface area contributed by atoms with Crippen LogP contribution in [-0.2, 0) is 0 Å². The Bertz CT molecular complexity index is 341. The highest BCUT2D eigenvalue weighted by molar-refractivity contribution is 5.40. The molecule has 0 amide bonds. The van der Waals surface area contributed by atoms with Crippen LogP contribution >= 0.6 is 0 Å². The van der Waals surface area contributed by atoms with Crippen LogP contribution in [0.2, 0.25) is 0 Å². The predicted molar refractivity (Wildman–Crippen MR) is 52.1 cm³/mol. The van der Waals surface area contributed by atoms with E-state index in [4.69, 9.17) is 4.74 Å². The zero-order chi connectivity index (χ0) is 10.3. The molecule has 0 saturated carbocycles. The van der Waals surface area contributed by atoms with E-state index < -0.39 is 17.8 Å². The first-order valence-electron chi connectivity index (χ1n) is 4.66. The standard InChI is InChI=1S/C11H14O3/c1-11(2,13)10-9(12)7-5-3-4-6-8(7)14-10/h3-6,9-10,12-13H,1-2H3/t9-,10+/m0/s1. The summed E-state index contributed by atoms with van der Waals surface area (Å²) in [6.07, 6.45) is -1.33. The summed E-state index contributed by atoms with van der Waals surface area (Å²) in [5, 5.41) is 19.7. The first-order chi connectivity index (χ1) is 6.50. The minimum Gasteiger partial charge on any atom is -0.484 e. The lowest BCUT2D eigenvalue weighted by Crippen LogP contribution is -2.41. The number of benzene rings is 1. The van der Waals surface area contributed by atoms with Gasteiger partial charge in [-0.1, -0.05) is 18.2 Å². The van der Waals surface area contributed by atoms with E-state index in [0.717, 1.165) is 5.56 Å². The molecule has 2 N–H and O–H groups in total. The summed E-state index contributed by atoms with van der Waals surface area (Å²) in [7, 11) is 0. The summed E-state index contributed by atoms with van der Waals surface area (Å²) in [6.45, 7) is 3.26. The predicted octanol–water partition coefficient (Wildman–Crippen LogP) is 1.25. The third kappa shape index (κ3) is 1.38. The second-order valence-corrected chi connectivity index (χ2v) is 4.17. The van der Waals surface area contributed by atoms with Crippen molar-refractivity contribution in [1.29, 1.82) is 0 Å². The number of aliphatic hydroxyl groups excluding tert-OH is 1. The third-order valence-corrected chi connectivity index (χ3v) is 2.47. The Morgan fingerprint density at radius 1 is 1.29 bits per heavy atom. The Kier molecular flexibility index (Phi) is 2.01. The lowest BCUT2D eigenvalue weighted by Gasteiger charge is -2.27. The van der Waals surface area contributed by atoms with Crippen LogP contribution in [0.4, 0.5) is 0 Å². The van der Waals surface area contributed by atoms with Gasteiger partial charge >= 0.3 is 0 Å². The van der Waals surface area contributed by atoms with Crippen molar-refractivity contribution in [3.63, 3.8) is 0 Å². The summed E-state index contributed by atoms with van der Waals surface area (Å²) >= 11 is 0. The smallest absolute Gasteiger partial charge is 0.157 e. The molecule has 1 aliphatic heterocycles. The molecular formula is C11H14O3. The summed E-state index contributed by atoms with van der Waals surface area (Å²) in [5.41, 5.74) is -0.294.